The Morgan fingerprint density at radius 3 is 2.48 bits per heavy atom. The van der Waals surface area contributed by atoms with E-state index in [1.807, 2.05) is 35.2 Å². The molecule has 0 spiro atoms. The van der Waals surface area contributed by atoms with E-state index in [1.165, 1.54) is 6.07 Å². The van der Waals surface area contributed by atoms with Crippen LogP contribution < -0.4 is 10.6 Å². The molecular formula is C16H17N5O2. The molecule has 0 saturated carbocycles. The van der Waals surface area contributed by atoms with Crippen molar-refractivity contribution < 1.29 is 9.59 Å². The number of carbonyl (C=O) groups excluding carboxylic acids is 2. The third kappa shape index (κ3) is 2.85. The SMILES string of the molecule is CN1CCN(c2ccc(C(N)=O)nn2)C(c2ccccc2)C1=O. The van der Waals surface area contributed by atoms with Gasteiger partial charge in [0.1, 0.15) is 6.04 Å². The highest BCUT2D eigenvalue weighted by molar-refractivity contribution is 5.91. The third-order valence-corrected chi connectivity index (χ3v) is 3.91. The molecule has 1 aliphatic rings. The van der Waals surface area contributed by atoms with Crippen molar-refractivity contribution in [2.45, 2.75) is 6.04 Å². The minimum Gasteiger partial charge on any atom is -0.364 e. The van der Waals surface area contributed by atoms with Gasteiger partial charge in [-0.3, -0.25) is 9.59 Å². The highest BCUT2D eigenvalue weighted by Gasteiger charge is 2.35. The molecule has 7 nitrogen and oxygen atoms in total. The van der Waals surface area contributed by atoms with E-state index in [0.29, 0.717) is 18.9 Å². The number of nitrogens with two attached hydrogens (primary N) is 1. The van der Waals surface area contributed by atoms with Crippen molar-refractivity contribution >= 4 is 17.6 Å². The Labute approximate surface area is 133 Å². The molecule has 0 bridgehead atoms. The van der Waals surface area contributed by atoms with Crippen LogP contribution in [-0.2, 0) is 4.79 Å². The molecule has 0 radical (unpaired) electrons. The topological polar surface area (TPSA) is 92.4 Å². The maximum atomic E-state index is 12.6. The van der Waals surface area contributed by atoms with Crippen LogP contribution in [0.3, 0.4) is 0 Å². The van der Waals surface area contributed by atoms with Gasteiger partial charge in [-0.25, -0.2) is 0 Å². The van der Waals surface area contributed by atoms with Crippen LogP contribution in [0.25, 0.3) is 0 Å². The zero-order valence-corrected chi connectivity index (χ0v) is 12.7. The third-order valence-electron chi connectivity index (χ3n) is 3.91. The first kappa shape index (κ1) is 15.0. The molecule has 1 atom stereocenters. The van der Waals surface area contributed by atoms with E-state index in [4.69, 9.17) is 5.73 Å². The summed E-state index contributed by atoms with van der Waals surface area (Å²) in [5.74, 6) is -0.0772. The van der Waals surface area contributed by atoms with E-state index >= 15 is 0 Å². The molecule has 1 saturated heterocycles. The molecule has 2 heterocycles. The van der Waals surface area contributed by atoms with Crippen LogP contribution in [0.5, 0.6) is 0 Å². The number of rotatable bonds is 3. The molecule has 1 aliphatic heterocycles. The monoisotopic (exact) mass is 311 g/mol. The second kappa shape index (κ2) is 6.04. The van der Waals surface area contributed by atoms with Gasteiger partial charge in [0.05, 0.1) is 0 Å². The van der Waals surface area contributed by atoms with E-state index < -0.39 is 11.9 Å². The van der Waals surface area contributed by atoms with Crippen LogP contribution in [0, 0.1) is 0 Å². The normalized spacial score (nSPS) is 18.1. The van der Waals surface area contributed by atoms with Gasteiger partial charge in [-0.15, -0.1) is 10.2 Å². The lowest BCUT2D eigenvalue weighted by atomic mass is 10.0. The zero-order chi connectivity index (χ0) is 16.4. The average molecular weight is 311 g/mol. The molecule has 2 amide bonds. The van der Waals surface area contributed by atoms with E-state index in [2.05, 4.69) is 10.2 Å². The van der Waals surface area contributed by atoms with Crippen LogP contribution in [0.1, 0.15) is 22.1 Å². The average Bonchev–Trinajstić information content (AvgIpc) is 2.58. The number of anilines is 1. The van der Waals surface area contributed by atoms with Crippen molar-refractivity contribution in [3.63, 3.8) is 0 Å². The lowest BCUT2D eigenvalue weighted by molar-refractivity contribution is -0.133. The second-order valence-electron chi connectivity index (χ2n) is 5.41. The number of benzene rings is 1. The van der Waals surface area contributed by atoms with Crippen LogP contribution >= 0.6 is 0 Å². The molecule has 7 heteroatoms. The number of primary amides is 1. The number of nitrogens with zero attached hydrogens (tertiary/aromatic N) is 4. The minimum atomic E-state index is -0.627. The van der Waals surface area contributed by atoms with E-state index in [0.717, 1.165) is 5.56 Å². The molecule has 23 heavy (non-hydrogen) atoms. The Morgan fingerprint density at radius 1 is 1.13 bits per heavy atom. The van der Waals surface area contributed by atoms with Crippen molar-refractivity contribution in [3.05, 3.63) is 53.7 Å². The molecule has 118 valence electrons. The Balaban J connectivity index is 1.98. The highest BCUT2D eigenvalue weighted by atomic mass is 16.2. The van der Waals surface area contributed by atoms with Gasteiger partial charge < -0.3 is 15.5 Å². The summed E-state index contributed by atoms with van der Waals surface area (Å²) in [6.07, 6.45) is 0. The number of likely N-dealkylation sites (N-methyl/N-ethyl adjacent to an activating group) is 1. The highest BCUT2D eigenvalue weighted by Crippen LogP contribution is 2.29. The van der Waals surface area contributed by atoms with Gasteiger partial charge in [-0.05, 0) is 17.7 Å². The van der Waals surface area contributed by atoms with Crippen molar-refractivity contribution in [2.75, 3.05) is 25.0 Å². The summed E-state index contributed by atoms with van der Waals surface area (Å²) in [6, 6.07) is 12.3. The summed E-state index contributed by atoms with van der Waals surface area (Å²) in [7, 11) is 1.79. The van der Waals surface area contributed by atoms with E-state index in [9.17, 15) is 9.59 Å². The van der Waals surface area contributed by atoms with Crippen LogP contribution in [0.2, 0.25) is 0 Å². The van der Waals surface area contributed by atoms with Gasteiger partial charge >= 0.3 is 0 Å². The molecular weight excluding hydrogens is 294 g/mol. The minimum absolute atomic E-state index is 0.00299. The first-order chi connectivity index (χ1) is 11.1. The Bertz CT molecular complexity index is 717. The van der Waals surface area contributed by atoms with Crippen LogP contribution in [-0.4, -0.2) is 47.0 Å². The standard InChI is InChI=1S/C16H17N5O2/c1-20-9-10-21(13-8-7-12(15(17)22)18-19-13)14(16(20)23)11-5-3-2-4-6-11/h2-8,14H,9-10H2,1H3,(H2,17,22). The second-order valence-corrected chi connectivity index (χ2v) is 5.41. The molecule has 1 aromatic heterocycles. The Kier molecular flexibility index (Phi) is 3.92. The van der Waals surface area contributed by atoms with Gasteiger partial charge in [0.2, 0.25) is 5.91 Å². The summed E-state index contributed by atoms with van der Waals surface area (Å²) >= 11 is 0. The van der Waals surface area contributed by atoms with Crippen molar-refractivity contribution in [1.82, 2.24) is 15.1 Å². The lowest BCUT2D eigenvalue weighted by Gasteiger charge is -2.39. The summed E-state index contributed by atoms with van der Waals surface area (Å²) in [6.45, 7) is 1.23. The first-order valence-corrected chi connectivity index (χ1v) is 7.28. The summed E-state index contributed by atoms with van der Waals surface area (Å²) in [5, 5.41) is 7.90. The summed E-state index contributed by atoms with van der Waals surface area (Å²) in [5.41, 5.74) is 6.18. The quantitative estimate of drug-likeness (QED) is 0.896. The maximum Gasteiger partial charge on any atom is 0.269 e. The molecule has 3 rings (SSSR count). The van der Waals surface area contributed by atoms with Gasteiger partial charge in [0, 0.05) is 20.1 Å². The zero-order valence-electron chi connectivity index (χ0n) is 12.7. The van der Waals surface area contributed by atoms with Gasteiger partial charge in [0.25, 0.3) is 5.91 Å². The van der Waals surface area contributed by atoms with E-state index in [-0.39, 0.29) is 11.6 Å². The number of amides is 2. The number of carbonyl (C=O) groups is 2. The molecule has 2 aromatic rings. The number of hydrogen-bond acceptors (Lipinski definition) is 5. The van der Waals surface area contributed by atoms with Gasteiger partial charge in [-0.1, -0.05) is 30.3 Å². The fourth-order valence-electron chi connectivity index (χ4n) is 2.65. The predicted octanol–water partition coefficient (Wildman–Crippen LogP) is 0.595. The van der Waals surface area contributed by atoms with Crippen molar-refractivity contribution in [2.24, 2.45) is 5.73 Å². The predicted molar refractivity (Wildman–Crippen MR) is 84.7 cm³/mol. The largest absolute Gasteiger partial charge is 0.364 e. The Morgan fingerprint density at radius 2 is 1.87 bits per heavy atom. The molecule has 0 aliphatic carbocycles. The van der Waals surface area contributed by atoms with Crippen molar-refractivity contribution in [3.8, 4) is 0 Å². The Hall–Kier alpha value is -2.96. The van der Waals surface area contributed by atoms with Crippen LogP contribution in [0.15, 0.2) is 42.5 Å². The fraction of sp³-hybridized carbons (Fsp3) is 0.250. The lowest BCUT2D eigenvalue weighted by Crippen LogP contribution is -2.51. The number of aromatic nitrogens is 2. The first-order valence-electron chi connectivity index (χ1n) is 7.28. The van der Waals surface area contributed by atoms with Crippen molar-refractivity contribution in [1.29, 1.82) is 0 Å². The summed E-state index contributed by atoms with van der Waals surface area (Å²) in [4.78, 5) is 27.4. The van der Waals surface area contributed by atoms with E-state index in [1.54, 1.807) is 18.0 Å². The van der Waals surface area contributed by atoms with Gasteiger partial charge in [-0.2, -0.15) is 0 Å². The summed E-state index contributed by atoms with van der Waals surface area (Å²) < 4.78 is 0. The molecule has 2 N–H and O–H groups in total. The van der Waals surface area contributed by atoms with Gasteiger partial charge in [0.15, 0.2) is 11.5 Å². The number of hydrogen-bond donors (Lipinski definition) is 1. The maximum absolute atomic E-state index is 12.6. The number of piperazine rings is 1. The molecule has 1 fully saturated rings. The smallest absolute Gasteiger partial charge is 0.269 e. The van der Waals surface area contributed by atoms with Crippen LogP contribution in [0.4, 0.5) is 5.82 Å². The molecule has 1 aromatic carbocycles. The fourth-order valence-corrected chi connectivity index (χ4v) is 2.65. The molecule has 1 unspecified atom stereocenters.